The Labute approximate surface area is 106 Å². The van der Waals surface area contributed by atoms with Crippen LogP contribution in [0.15, 0.2) is 24.3 Å². The van der Waals surface area contributed by atoms with Crippen LogP contribution < -0.4 is 5.32 Å². The van der Waals surface area contributed by atoms with Crippen molar-refractivity contribution in [1.82, 2.24) is 0 Å². The Balaban J connectivity index is 2.08. The van der Waals surface area contributed by atoms with E-state index in [0.717, 1.165) is 0 Å². The number of halogens is 2. The number of hydrogen-bond donors (Lipinski definition) is 1. The minimum atomic E-state index is -0.838. The second-order valence-electron chi connectivity index (χ2n) is 3.82. The van der Waals surface area contributed by atoms with Crippen molar-refractivity contribution in [3.8, 4) is 0 Å². The average Bonchev–Trinajstić information content (AvgIpc) is 3.02. The highest BCUT2D eigenvalue weighted by Gasteiger charge is 2.55. The lowest BCUT2D eigenvalue weighted by molar-refractivity contribution is -0.127. The molecular formula is C11H9FINO2. The molecule has 0 bridgehead atoms. The van der Waals surface area contributed by atoms with Crippen molar-refractivity contribution in [2.75, 3.05) is 5.32 Å². The van der Waals surface area contributed by atoms with Crippen LogP contribution in [-0.4, -0.2) is 9.70 Å². The molecule has 1 aromatic rings. The maximum Gasteiger partial charge on any atom is 0.238 e. The zero-order valence-corrected chi connectivity index (χ0v) is 10.5. The van der Waals surface area contributed by atoms with E-state index in [2.05, 4.69) is 5.32 Å². The number of carbonyl (C=O) groups excluding carboxylic acids is 2. The summed E-state index contributed by atoms with van der Waals surface area (Å²) in [6, 6.07) is 5.48. The number of hydrogen-bond acceptors (Lipinski definition) is 2. The number of amides is 1. The van der Waals surface area contributed by atoms with E-state index in [1.807, 2.05) is 0 Å². The molecule has 1 saturated carbocycles. The largest absolute Gasteiger partial charge is 0.325 e. The van der Waals surface area contributed by atoms with Crippen molar-refractivity contribution in [2.24, 2.45) is 5.41 Å². The minimum Gasteiger partial charge on any atom is -0.325 e. The number of rotatable bonds is 3. The summed E-state index contributed by atoms with van der Waals surface area (Å²) in [7, 11) is 0. The summed E-state index contributed by atoms with van der Waals surface area (Å²) >= 11 is 1.65. The van der Waals surface area contributed by atoms with E-state index in [4.69, 9.17) is 0 Å². The van der Waals surface area contributed by atoms with E-state index in [1.54, 1.807) is 22.6 Å². The summed E-state index contributed by atoms with van der Waals surface area (Å²) in [5.41, 5.74) is -0.329. The van der Waals surface area contributed by atoms with E-state index in [-0.39, 0.29) is 15.5 Å². The van der Waals surface area contributed by atoms with Gasteiger partial charge in [-0.15, -0.1) is 0 Å². The molecule has 1 aromatic carbocycles. The summed E-state index contributed by atoms with van der Waals surface area (Å²) in [6.07, 6.45) is 1.20. The first kappa shape index (κ1) is 11.5. The molecule has 1 aliphatic rings. The Morgan fingerprint density at radius 2 is 1.81 bits per heavy atom. The average molecular weight is 333 g/mol. The summed E-state index contributed by atoms with van der Waals surface area (Å²) in [5, 5.41) is 2.62. The van der Waals surface area contributed by atoms with E-state index < -0.39 is 5.41 Å². The van der Waals surface area contributed by atoms with Crippen LogP contribution in [0.3, 0.4) is 0 Å². The van der Waals surface area contributed by atoms with Gasteiger partial charge in [-0.3, -0.25) is 9.59 Å². The number of carbonyl (C=O) groups is 2. The van der Waals surface area contributed by atoms with Gasteiger partial charge in [0.2, 0.25) is 9.70 Å². The fourth-order valence-corrected chi connectivity index (χ4v) is 2.21. The fraction of sp³-hybridized carbons (Fsp3) is 0.273. The van der Waals surface area contributed by atoms with E-state index >= 15 is 0 Å². The first-order valence-electron chi connectivity index (χ1n) is 4.81. The number of anilines is 1. The van der Waals surface area contributed by atoms with Gasteiger partial charge in [0.15, 0.2) is 0 Å². The lowest BCUT2D eigenvalue weighted by Gasteiger charge is -2.10. The molecule has 0 aliphatic heterocycles. The van der Waals surface area contributed by atoms with Crippen molar-refractivity contribution in [2.45, 2.75) is 12.8 Å². The normalized spacial score (nSPS) is 16.6. The van der Waals surface area contributed by atoms with Crippen LogP contribution in [0.4, 0.5) is 10.1 Å². The molecule has 84 valence electrons. The topological polar surface area (TPSA) is 46.2 Å². The molecule has 0 spiro atoms. The molecule has 0 atom stereocenters. The third kappa shape index (κ3) is 2.09. The zero-order valence-electron chi connectivity index (χ0n) is 8.30. The van der Waals surface area contributed by atoms with Crippen LogP contribution in [0.2, 0.25) is 0 Å². The Morgan fingerprint density at radius 1 is 1.25 bits per heavy atom. The lowest BCUT2D eigenvalue weighted by atomic mass is 10.1. The Kier molecular flexibility index (Phi) is 2.96. The lowest BCUT2D eigenvalue weighted by Crippen LogP contribution is -2.28. The highest BCUT2D eigenvalue weighted by atomic mass is 127. The summed E-state index contributed by atoms with van der Waals surface area (Å²) in [6.45, 7) is 0. The van der Waals surface area contributed by atoms with Gasteiger partial charge in [-0.05, 0) is 37.1 Å². The van der Waals surface area contributed by atoms with Crippen molar-refractivity contribution in [1.29, 1.82) is 0 Å². The predicted octanol–water partition coefficient (Wildman–Crippen LogP) is 2.51. The van der Waals surface area contributed by atoms with Crippen LogP contribution in [-0.2, 0) is 9.59 Å². The summed E-state index contributed by atoms with van der Waals surface area (Å²) in [5.74, 6) is -0.650. The first-order chi connectivity index (χ1) is 7.54. The van der Waals surface area contributed by atoms with Crippen LogP contribution in [0.25, 0.3) is 0 Å². The SMILES string of the molecule is O=C(I)C1(C(=O)Nc2ccc(F)cc2)CC1. The number of nitrogens with one attached hydrogen (secondary N) is 1. The van der Waals surface area contributed by atoms with Gasteiger partial charge in [-0.2, -0.15) is 0 Å². The molecular weight excluding hydrogens is 324 g/mol. The Morgan fingerprint density at radius 3 is 2.25 bits per heavy atom. The Hall–Kier alpha value is -0.980. The molecule has 1 aliphatic carbocycles. The highest BCUT2D eigenvalue weighted by molar-refractivity contribution is 14.1. The van der Waals surface area contributed by atoms with Crippen LogP contribution in [0.1, 0.15) is 12.8 Å². The van der Waals surface area contributed by atoms with Crippen molar-refractivity contribution < 1.29 is 14.0 Å². The molecule has 16 heavy (non-hydrogen) atoms. The van der Waals surface area contributed by atoms with E-state index in [9.17, 15) is 14.0 Å². The van der Waals surface area contributed by atoms with Crippen LogP contribution >= 0.6 is 22.6 Å². The van der Waals surface area contributed by atoms with Gasteiger partial charge in [-0.25, -0.2) is 4.39 Å². The molecule has 3 nitrogen and oxygen atoms in total. The summed E-state index contributed by atoms with van der Waals surface area (Å²) < 4.78 is 12.5. The smallest absolute Gasteiger partial charge is 0.238 e. The molecule has 0 radical (unpaired) electrons. The predicted molar refractivity (Wildman–Crippen MR) is 65.7 cm³/mol. The van der Waals surface area contributed by atoms with Gasteiger partial charge in [0, 0.05) is 28.3 Å². The Bertz CT molecular complexity index is 440. The molecule has 2 rings (SSSR count). The van der Waals surface area contributed by atoms with E-state index in [0.29, 0.717) is 18.5 Å². The van der Waals surface area contributed by atoms with Crippen molar-refractivity contribution in [3.63, 3.8) is 0 Å². The highest BCUT2D eigenvalue weighted by Crippen LogP contribution is 2.49. The monoisotopic (exact) mass is 333 g/mol. The van der Waals surface area contributed by atoms with Gasteiger partial charge in [0.05, 0.1) is 0 Å². The van der Waals surface area contributed by atoms with Gasteiger partial charge >= 0.3 is 0 Å². The molecule has 0 saturated heterocycles. The number of benzene rings is 1. The van der Waals surface area contributed by atoms with Gasteiger partial charge < -0.3 is 5.32 Å². The van der Waals surface area contributed by atoms with Gasteiger partial charge in [0.1, 0.15) is 11.2 Å². The minimum absolute atomic E-state index is 0.135. The standard InChI is InChI=1S/C11H9FINO2/c12-7-1-3-8(4-2-7)14-10(16)11(5-6-11)9(13)15/h1-4H,5-6H2,(H,14,16). The second-order valence-corrected chi connectivity index (χ2v) is 4.80. The molecule has 1 N–H and O–H groups in total. The fourth-order valence-electron chi connectivity index (χ4n) is 1.42. The third-order valence-electron chi connectivity index (χ3n) is 2.66. The molecule has 0 unspecified atom stereocenters. The quantitative estimate of drug-likeness (QED) is 0.525. The first-order valence-corrected chi connectivity index (χ1v) is 5.89. The van der Waals surface area contributed by atoms with E-state index in [1.165, 1.54) is 24.3 Å². The molecule has 0 heterocycles. The maximum absolute atomic E-state index is 12.6. The second kappa shape index (κ2) is 4.12. The molecule has 0 aromatic heterocycles. The summed E-state index contributed by atoms with van der Waals surface area (Å²) in [4.78, 5) is 23.1. The van der Waals surface area contributed by atoms with Crippen molar-refractivity contribution >= 4 is 38.0 Å². The van der Waals surface area contributed by atoms with Gasteiger partial charge in [0.25, 0.3) is 0 Å². The van der Waals surface area contributed by atoms with Gasteiger partial charge in [-0.1, -0.05) is 0 Å². The molecule has 1 amide bonds. The third-order valence-corrected chi connectivity index (χ3v) is 3.70. The van der Waals surface area contributed by atoms with Crippen LogP contribution in [0, 0.1) is 11.2 Å². The molecule has 1 fully saturated rings. The maximum atomic E-state index is 12.6. The van der Waals surface area contributed by atoms with Crippen LogP contribution in [0.5, 0.6) is 0 Å². The van der Waals surface area contributed by atoms with Crippen molar-refractivity contribution in [3.05, 3.63) is 30.1 Å². The zero-order chi connectivity index (χ0) is 11.8. The molecule has 5 heteroatoms.